The smallest absolute Gasteiger partial charge is 0.282 e. The summed E-state index contributed by atoms with van der Waals surface area (Å²) in [5, 5.41) is 19.4. The zero-order valence-electron chi connectivity index (χ0n) is 20.9. The van der Waals surface area contributed by atoms with Crippen molar-refractivity contribution >= 4 is 25.7 Å². The second-order valence-corrected chi connectivity index (χ2v) is 13.5. The SMILES string of the molecule is N#CC(C#N)=C1c2cc(S(=O)(=O)O)ccc2-c2ccc(S(=O)(=O)N(C3CCCCC3)C3CCCCC3)cc21. The van der Waals surface area contributed by atoms with Crippen LogP contribution in [0.1, 0.15) is 75.3 Å². The molecule has 198 valence electrons. The molecule has 1 N–H and O–H groups in total. The number of benzene rings is 2. The number of rotatable bonds is 5. The van der Waals surface area contributed by atoms with Gasteiger partial charge in [-0.2, -0.15) is 23.2 Å². The van der Waals surface area contributed by atoms with E-state index in [1.54, 1.807) is 16.4 Å². The van der Waals surface area contributed by atoms with E-state index in [4.69, 9.17) is 0 Å². The Bertz CT molecular complexity index is 1570. The first kappa shape index (κ1) is 26.6. The first-order valence-electron chi connectivity index (χ1n) is 13.0. The standard InChI is InChI=1S/C28H29N3O5S2/c29-17-19(18-30)28-26-15-22(11-13-24(26)25-14-12-23(16-27(25)28)38(34,35)36)37(32,33)31(20-7-3-1-4-8-20)21-9-5-2-6-10-21/h11-16,20-21H,1-10H2,(H,34,35,36). The van der Waals surface area contributed by atoms with Crippen molar-refractivity contribution in [2.75, 3.05) is 0 Å². The number of nitriles is 2. The third kappa shape index (κ3) is 4.67. The van der Waals surface area contributed by atoms with Crippen molar-refractivity contribution in [1.82, 2.24) is 4.31 Å². The molecular formula is C28H29N3O5S2. The Morgan fingerprint density at radius 1 is 0.711 bits per heavy atom. The first-order chi connectivity index (χ1) is 18.2. The first-order valence-corrected chi connectivity index (χ1v) is 15.9. The minimum absolute atomic E-state index is 0.0524. The number of nitrogens with zero attached hydrogens (tertiary/aromatic N) is 3. The number of hydrogen-bond acceptors (Lipinski definition) is 6. The Balaban J connectivity index is 1.66. The molecule has 0 aliphatic heterocycles. The molecule has 0 spiro atoms. The van der Waals surface area contributed by atoms with Crippen molar-refractivity contribution in [3.8, 4) is 23.3 Å². The Hall–Kier alpha value is -3.02. The normalized spacial score (nSPS) is 18.5. The summed E-state index contributed by atoms with van der Waals surface area (Å²) in [4.78, 5) is -0.270. The minimum atomic E-state index is -4.53. The van der Waals surface area contributed by atoms with E-state index in [-0.39, 0.29) is 33.0 Å². The molecule has 2 aromatic rings. The Kier molecular flexibility index (Phi) is 7.19. The van der Waals surface area contributed by atoms with Crippen LogP contribution in [0.4, 0.5) is 0 Å². The summed E-state index contributed by atoms with van der Waals surface area (Å²) in [6.45, 7) is 0. The molecule has 0 unspecified atom stereocenters. The van der Waals surface area contributed by atoms with Crippen molar-refractivity contribution in [1.29, 1.82) is 10.5 Å². The molecule has 8 nitrogen and oxygen atoms in total. The highest BCUT2D eigenvalue weighted by Crippen LogP contribution is 2.47. The maximum absolute atomic E-state index is 14.3. The molecule has 10 heteroatoms. The molecule has 0 aromatic heterocycles. The predicted octanol–water partition coefficient (Wildman–Crippen LogP) is 5.42. The number of sulfonamides is 1. The highest BCUT2D eigenvalue weighted by Gasteiger charge is 2.39. The van der Waals surface area contributed by atoms with E-state index >= 15 is 0 Å². The van der Waals surface area contributed by atoms with Crippen LogP contribution < -0.4 is 0 Å². The molecule has 38 heavy (non-hydrogen) atoms. The van der Waals surface area contributed by atoms with Gasteiger partial charge in [-0.25, -0.2) is 8.42 Å². The van der Waals surface area contributed by atoms with E-state index < -0.39 is 20.1 Å². The average Bonchev–Trinajstić information content (AvgIpc) is 3.23. The summed E-state index contributed by atoms with van der Waals surface area (Å²) >= 11 is 0. The van der Waals surface area contributed by atoms with Crippen LogP contribution in [-0.2, 0) is 20.1 Å². The highest BCUT2D eigenvalue weighted by atomic mass is 32.2. The van der Waals surface area contributed by atoms with Crippen molar-refractivity contribution in [3.63, 3.8) is 0 Å². The summed E-state index contributed by atoms with van der Waals surface area (Å²) in [5.74, 6) is 0. The maximum atomic E-state index is 14.3. The molecule has 0 saturated heterocycles. The summed E-state index contributed by atoms with van der Waals surface area (Å²) < 4.78 is 63.5. The zero-order valence-corrected chi connectivity index (χ0v) is 22.6. The van der Waals surface area contributed by atoms with Crippen LogP contribution in [0.3, 0.4) is 0 Å². The molecule has 2 saturated carbocycles. The lowest BCUT2D eigenvalue weighted by molar-refractivity contribution is 0.169. The van der Waals surface area contributed by atoms with Gasteiger partial charge < -0.3 is 0 Å². The van der Waals surface area contributed by atoms with Crippen LogP contribution in [0, 0.1) is 22.7 Å². The number of fused-ring (bicyclic) bond motifs is 3. The number of hydrogen-bond donors (Lipinski definition) is 1. The molecule has 2 fully saturated rings. The van der Waals surface area contributed by atoms with Gasteiger partial charge in [0.05, 0.1) is 9.79 Å². The Labute approximate surface area is 224 Å². The van der Waals surface area contributed by atoms with Crippen LogP contribution in [0.5, 0.6) is 0 Å². The van der Waals surface area contributed by atoms with Crippen molar-refractivity contribution in [3.05, 3.63) is 53.1 Å². The van der Waals surface area contributed by atoms with Gasteiger partial charge in [-0.15, -0.1) is 0 Å². The lowest BCUT2D eigenvalue weighted by atomic mass is 9.91. The van der Waals surface area contributed by atoms with Crippen molar-refractivity contribution in [2.24, 2.45) is 0 Å². The second-order valence-electron chi connectivity index (χ2n) is 10.3. The summed E-state index contributed by atoms with van der Waals surface area (Å²) in [6, 6.07) is 12.3. The summed E-state index contributed by atoms with van der Waals surface area (Å²) in [7, 11) is -8.43. The Morgan fingerprint density at radius 2 is 1.16 bits per heavy atom. The van der Waals surface area contributed by atoms with Gasteiger partial charge >= 0.3 is 0 Å². The van der Waals surface area contributed by atoms with E-state index in [1.165, 1.54) is 24.3 Å². The number of allylic oxidation sites excluding steroid dienone is 1. The molecule has 0 atom stereocenters. The fraction of sp³-hybridized carbons (Fsp3) is 0.429. The van der Waals surface area contributed by atoms with E-state index in [2.05, 4.69) is 0 Å². The van der Waals surface area contributed by atoms with Crippen LogP contribution in [-0.4, -0.2) is 37.8 Å². The lowest BCUT2D eigenvalue weighted by Gasteiger charge is -2.40. The molecule has 3 aliphatic carbocycles. The third-order valence-corrected chi connectivity index (χ3v) is 10.9. The van der Waals surface area contributed by atoms with Gasteiger partial charge in [0.1, 0.15) is 17.7 Å². The van der Waals surface area contributed by atoms with E-state index in [1.807, 2.05) is 12.1 Å². The lowest BCUT2D eigenvalue weighted by Crippen LogP contribution is -2.48. The van der Waals surface area contributed by atoms with Crippen LogP contribution in [0.15, 0.2) is 51.8 Å². The van der Waals surface area contributed by atoms with Gasteiger partial charge in [-0.3, -0.25) is 4.55 Å². The van der Waals surface area contributed by atoms with E-state index in [9.17, 15) is 31.9 Å². The second kappa shape index (κ2) is 10.3. The van der Waals surface area contributed by atoms with Gasteiger partial charge in [-0.05, 0) is 72.2 Å². The highest BCUT2D eigenvalue weighted by molar-refractivity contribution is 7.89. The quantitative estimate of drug-likeness (QED) is 0.330. The molecule has 0 radical (unpaired) electrons. The minimum Gasteiger partial charge on any atom is -0.282 e. The monoisotopic (exact) mass is 551 g/mol. The fourth-order valence-corrected chi connectivity index (χ4v) is 8.75. The fourth-order valence-electron chi connectivity index (χ4n) is 6.29. The molecule has 3 aliphatic rings. The molecule has 0 amide bonds. The molecular weight excluding hydrogens is 522 g/mol. The topological polar surface area (TPSA) is 139 Å². The molecule has 0 heterocycles. The van der Waals surface area contributed by atoms with Crippen molar-refractivity contribution < 1.29 is 21.4 Å². The summed E-state index contributed by atoms with van der Waals surface area (Å²) in [5.41, 5.74) is 1.75. The third-order valence-electron chi connectivity index (χ3n) is 8.03. The van der Waals surface area contributed by atoms with Gasteiger partial charge in [0, 0.05) is 17.7 Å². The van der Waals surface area contributed by atoms with Crippen LogP contribution in [0.25, 0.3) is 16.7 Å². The maximum Gasteiger partial charge on any atom is 0.294 e. The summed E-state index contributed by atoms with van der Waals surface area (Å²) in [6.07, 6.45) is 9.56. The van der Waals surface area contributed by atoms with Gasteiger partial charge in [0.25, 0.3) is 10.1 Å². The van der Waals surface area contributed by atoms with Crippen LogP contribution in [0.2, 0.25) is 0 Å². The van der Waals surface area contributed by atoms with Gasteiger partial charge in [0.2, 0.25) is 10.0 Å². The molecule has 0 bridgehead atoms. The molecule has 2 aromatic carbocycles. The zero-order chi connectivity index (χ0) is 27.1. The van der Waals surface area contributed by atoms with E-state index in [0.717, 1.165) is 64.2 Å². The van der Waals surface area contributed by atoms with Gasteiger partial charge in [-0.1, -0.05) is 50.7 Å². The van der Waals surface area contributed by atoms with E-state index in [0.29, 0.717) is 22.3 Å². The Morgan fingerprint density at radius 3 is 1.61 bits per heavy atom. The van der Waals surface area contributed by atoms with Crippen LogP contribution >= 0.6 is 0 Å². The van der Waals surface area contributed by atoms with Gasteiger partial charge in [0.15, 0.2) is 0 Å². The average molecular weight is 552 g/mol. The van der Waals surface area contributed by atoms with Crippen molar-refractivity contribution in [2.45, 2.75) is 86.1 Å². The predicted molar refractivity (Wildman–Crippen MR) is 142 cm³/mol. The molecule has 5 rings (SSSR count). The largest absolute Gasteiger partial charge is 0.294 e.